The number of carbonyl (C=O) groups excluding carboxylic acids is 1. The number of aromatic nitrogens is 1. The third kappa shape index (κ3) is 4.60. The quantitative estimate of drug-likeness (QED) is 0.647. The topological polar surface area (TPSA) is 46.9 Å². The number of ether oxygens (including phenoxy) is 1. The predicted octanol–water partition coefficient (Wildman–Crippen LogP) is 3.41. The van der Waals surface area contributed by atoms with E-state index in [1.165, 1.54) is 4.90 Å². The molecule has 1 aromatic heterocycles. The molecule has 0 radical (unpaired) electrons. The van der Waals surface area contributed by atoms with Gasteiger partial charge in [0.05, 0.1) is 32.4 Å². The number of rotatable bonds is 7. The van der Waals surface area contributed by atoms with Crippen LogP contribution in [0.15, 0.2) is 30.3 Å². The number of aryl methyl sites for hydroxylation is 3. The number of hydrogen-bond donors (Lipinski definition) is 1. The Morgan fingerprint density at radius 3 is 2.55 bits per heavy atom. The zero-order valence-electron chi connectivity index (χ0n) is 18.1. The van der Waals surface area contributed by atoms with Gasteiger partial charge in [0.2, 0.25) is 0 Å². The number of benzene rings is 2. The highest BCUT2D eigenvalue weighted by atomic mass is 32.1. The lowest BCUT2D eigenvalue weighted by Crippen LogP contribution is -3.05. The maximum atomic E-state index is 13.6. The van der Waals surface area contributed by atoms with Crippen molar-refractivity contribution in [3.63, 3.8) is 0 Å². The molecule has 3 rings (SSSR count). The summed E-state index contributed by atoms with van der Waals surface area (Å²) < 4.78 is 6.57. The molecule has 0 unspecified atom stereocenters. The fraction of sp³-hybridized carbons (Fsp3) is 0.391. The second-order valence-electron chi connectivity index (χ2n) is 7.84. The van der Waals surface area contributed by atoms with Crippen molar-refractivity contribution in [3.8, 4) is 5.75 Å². The van der Waals surface area contributed by atoms with Crippen LogP contribution in [0.25, 0.3) is 10.2 Å². The number of nitrogens with zero attached hydrogens (tertiary/aromatic N) is 2. The van der Waals surface area contributed by atoms with Gasteiger partial charge in [-0.25, -0.2) is 4.98 Å². The van der Waals surface area contributed by atoms with Gasteiger partial charge in [-0.3, -0.25) is 9.69 Å². The molecule has 154 valence electrons. The summed E-state index contributed by atoms with van der Waals surface area (Å²) in [5.41, 5.74) is 4.77. The van der Waals surface area contributed by atoms with Gasteiger partial charge in [0.15, 0.2) is 5.13 Å². The van der Waals surface area contributed by atoms with E-state index < -0.39 is 0 Å². The summed E-state index contributed by atoms with van der Waals surface area (Å²) in [5.74, 6) is 0.751. The zero-order valence-corrected chi connectivity index (χ0v) is 18.9. The van der Waals surface area contributed by atoms with Crippen molar-refractivity contribution in [1.82, 2.24) is 4.98 Å². The number of quaternary nitrogens is 1. The number of carbonyl (C=O) groups is 1. The van der Waals surface area contributed by atoms with Crippen molar-refractivity contribution in [2.24, 2.45) is 0 Å². The molecule has 5 nitrogen and oxygen atoms in total. The number of amides is 1. The van der Waals surface area contributed by atoms with Crippen LogP contribution >= 0.6 is 11.3 Å². The van der Waals surface area contributed by atoms with Crippen LogP contribution < -0.4 is 14.5 Å². The minimum atomic E-state index is 0.00984. The van der Waals surface area contributed by atoms with Gasteiger partial charge in [-0.2, -0.15) is 0 Å². The molecule has 0 bridgehead atoms. The molecule has 6 heteroatoms. The second-order valence-corrected chi connectivity index (χ2v) is 8.82. The normalized spacial score (nSPS) is 11.3. The molecule has 0 saturated heterocycles. The van der Waals surface area contributed by atoms with E-state index >= 15 is 0 Å². The number of anilines is 1. The van der Waals surface area contributed by atoms with Gasteiger partial charge in [0.1, 0.15) is 11.3 Å². The molecule has 29 heavy (non-hydrogen) atoms. The standard InChI is InChI=1S/C23H29N3O2S/c1-15-8-9-16(2)18(14-15)22(27)26(13-7-12-25(4)5)23-24-20-19(28-6)11-10-17(3)21(20)29-23/h8-11,14H,7,12-13H2,1-6H3/p+1. The number of fused-ring (bicyclic) bond motifs is 1. The lowest BCUT2D eigenvalue weighted by molar-refractivity contribution is -0.858. The van der Waals surface area contributed by atoms with Crippen LogP contribution in [0, 0.1) is 20.8 Å². The fourth-order valence-corrected chi connectivity index (χ4v) is 4.44. The van der Waals surface area contributed by atoms with E-state index in [-0.39, 0.29) is 5.91 Å². The van der Waals surface area contributed by atoms with Crippen molar-refractivity contribution >= 4 is 32.6 Å². The summed E-state index contributed by atoms with van der Waals surface area (Å²) in [4.78, 5) is 21.6. The summed E-state index contributed by atoms with van der Waals surface area (Å²) in [6, 6.07) is 10.00. The number of nitrogens with one attached hydrogen (secondary N) is 1. The first-order valence-electron chi connectivity index (χ1n) is 9.94. The van der Waals surface area contributed by atoms with E-state index in [2.05, 4.69) is 21.0 Å². The minimum absolute atomic E-state index is 0.00984. The summed E-state index contributed by atoms with van der Waals surface area (Å²) >= 11 is 1.56. The van der Waals surface area contributed by atoms with Crippen molar-refractivity contribution in [2.75, 3.05) is 39.2 Å². The molecule has 0 spiro atoms. The zero-order chi connectivity index (χ0) is 21.1. The van der Waals surface area contributed by atoms with E-state index in [1.54, 1.807) is 18.4 Å². The molecular formula is C23H30N3O2S+. The Morgan fingerprint density at radius 2 is 1.86 bits per heavy atom. The van der Waals surface area contributed by atoms with Gasteiger partial charge < -0.3 is 9.64 Å². The third-order valence-corrected chi connectivity index (χ3v) is 6.28. The third-order valence-electron chi connectivity index (χ3n) is 5.07. The van der Waals surface area contributed by atoms with Crippen molar-refractivity contribution in [1.29, 1.82) is 0 Å². The van der Waals surface area contributed by atoms with Gasteiger partial charge in [-0.15, -0.1) is 0 Å². The lowest BCUT2D eigenvalue weighted by atomic mass is 10.0. The summed E-state index contributed by atoms with van der Waals surface area (Å²) in [6.45, 7) is 7.70. The maximum Gasteiger partial charge on any atom is 0.260 e. The average Bonchev–Trinajstić information content (AvgIpc) is 3.13. The van der Waals surface area contributed by atoms with E-state index in [1.807, 2.05) is 49.1 Å². The van der Waals surface area contributed by atoms with Gasteiger partial charge in [-0.1, -0.05) is 35.1 Å². The van der Waals surface area contributed by atoms with Crippen LogP contribution in [0.5, 0.6) is 5.75 Å². The Bertz CT molecular complexity index is 1030. The van der Waals surface area contributed by atoms with Crippen molar-refractivity contribution in [2.45, 2.75) is 27.2 Å². The predicted molar refractivity (Wildman–Crippen MR) is 121 cm³/mol. The molecule has 0 aliphatic heterocycles. The Kier molecular flexibility index (Phi) is 6.55. The van der Waals surface area contributed by atoms with Crippen LogP contribution in [-0.2, 0) is 0 Å². The number of methoxy groups -OCH3 is 1. The van der Waals surface area contributed by atoms with E-state index in [4.69, 9.17) is 9.72 Å². The molecule has 3 aromatic rings. The highest BCUT2D eigenvalue weighted by Gasteiger charge is 2.24. The molecule has 1 N–H and O–H groups in total. The second kappa shape index (κ2) is 8.93. The van der Waals surface area contributed by atoms with Gasteiger partial charge >= 0.3 is 0 Å². The van der Waals surface area contributed by atoms with Gasteiger partial charge in [0, 0.05) is 18.5 Å². The summed E-state index contributed by atoms with van der Waals surface area (Å²) in [6.07, 6.45) is 0.908. The van der Waals surface area contributed by atoms with Crippen LogP contribution in [-0.4, -0.2) is 45.2 Å². The first kappa shape index (κ1) is 21.3. The minimum Gasteiger partial charge on any atom is -0.494 e. The van der Waals surface area contributed by atoms with Crippen molar-refractivity contribution < 1.29 is 14.4 Å². The maximum absolute atomic E-state index is 13.6. The highest BCUT2D eigenvalue weighted by molar-refractivity contribution is 7.22. The SMILES string of the molecule is COc1ccc(C)c2sc(N(CCC[NH+](C)C)C(=O)c3cc(C)ccc3C)nc12. The Morgan fingerprint density at radius 1 is 1.14 bits per heavy atom. The van der Waals surface area contributed by atoms with E-state index in [9.17, 15) is 4.79 Å². The summed E-state index contributed by atoms with van der Waals surface area (Å²) in [7, 11) is 5.91. The Hall–Kier alpha value is -2.44. The van der Waals surface area contributed by atoms with Crippen LogP contribution in [0.2, 0.25) is 0 Å². The first-order valence-corrected chi connectivity index (χ1v) is 10.8. The van der Waals surface area contributed by atoms with Gasteiger partial charge in [0.25, 0.3) is 5.91 Å². The van der Waals surface area contributed by atoms with Crippen LogP contribution in [0.3, 0.4) is 0 Å². The number of hydrogen-bond acceptors (Lipinski definition) is 4. The van der Waals surface area contributed by atoms with Gasteiger partial charge in [-0.05, 0) is 44.0 Å². The molecule has 0 aliphatic rings. The average molecular weight is 413 g/mol. The molecular weight excluding hydrogens is 382 g/mol. The molecule has 2 aromatic carbocycles. The fourth-order valence-electron chi connectivity index (χ4n) is 3.37. The monoisotopic (exact) mass is 412 g/mol. The molecule has 0 fully saturated rings. The van der Waals surface area contributed by atoms with Crippen molar-refractivity contribution in [3.05, 3.63) is 52.6 Å². The van der Waals surface area contributed by atoms with Crippen LogP contribution in [0.4, 0.5) is 5.13 Å². The summed E-state index contributed by atoms with van der Waals surface area (Å²) in [5, 5.41) is 0.729. The largest absolute Gasteiger partial charge is 0.494 e. The smallest absolute Gasteiger partial charge is 0.260 e. The highest BCUT2D eigenvalue weighted by Crippen LogP contribution is 2.37. The van der Waals surface area contributed by atoms with E-state index in [0.29, 0.717) is 6.54 Å². The Labute approximate surface area is 176 Å². The molecule has 0 aliphatic carbocycles. The molecule has 1 heterocycles. The first-order chi connectivity index (χ1) is 13.8. The molecule has 1 amide bonds. The number of thiazole rings is 1. The molecule has 0 saturated carbocycles. The van der Waals surface area contributed by atoms with Crippen LogP contribution in [0.1, 0.15) is 33.5 Å². The Balaban J connectivity index is 2.05. The van der Waals surface area contributed by atoms with E-state index in [0.717, 1.165) is 56.3 Å². The lowest BCUT2D eigenvalue weighted by Gasteiger charge is -2.21. The molecule has 0 atom stereocenters.